The fourth-order valence-corrected chi connectivity index (χ4v) is 3.36. The van der Waals surface area contributed by atoms with Crippen LogP contribution >= 0.6 is 0 Å². The highest BCUT2D eigenvalue weighted by Gasteiger charge is 2.08. The van der Waals surface area contributed by atoms with E-state index in [1.807, 2.05) is 36.4 Å². The summed E-state index contributed by atoms with van der Waals surface area (Å²) in [6.07, 6.45) is 2.07. The third kappa shape index (κ3) is 2.56. The summed E-state index contributed by atoms with van der Waals surface area (Å²) < 4.78 is 15.3. The van der Waals surface area contributed by atoms with E-state index in [-0.39, 0.29) is 5.82 Å². The molecule has 0 saturated heterocycles. The van der Waals surface area contributed by atoms with Crippen LogP contribution in [-0.2, 0) is 6.54 Å². The number of hydrogen-bond acceptors (Lipinski definition) is 1. The normalized spacial score (nSPS) is 11.4. The molecule has 1 N–H and O–H groups in total. The first-order valence-electron chi connectivity index (χ1n) is 8.55. The number of imidazole rings is 1. The number of rotatable bonds is 3. The van der Waals surface area contributed by atoms with Gasteiger partial charge in [0, 0.05) is 29.2 Å². The lowest BCUT2D eigenvalue weighted by Gasteiger charge is -2.06. The van der Waals surface area contributed by atoms with E-state index in [1.165, 1.54) is 12.1 Å². The first-order valence-corrected chi connectivity index (χ1v) is 8.55. The Hall–Kier alpha value is -3.40. The zero-order valence-corrected chi connectivity index (χ0v) is 14.0. The van der Waals surface area contributed by atoms with Crippen LogP contribution in [0.2, 0.25) is 0 Å². The van der Waals surface area contributed by atoms with Crippen molar-refractivity contribution in [3.05, 3.63) is 90.4 Å². The molecule has 4 heteroatoms. The number of aromatic nitrogens is 3. The summed E-state index contributed by atoms with van der Waals surface area (Å²) in [5.74, 6) is 0.668. The Morgan fingerprint density at radius 1 is 0.923 bits per heavy atom. The molecule has 0 amide bonds. The van der Waals surface area contributed by atoms with Crippen molar-refractivity contribution in [2.45, 2.75) is 6.54 Å². The summed E-state index contributed by atoms with van der Waals surface area (Å²) in [6.45, 7) is 0.716. The molecule has 3 aromatic carbocycles. The second-order valence-electron chi connectivity index (χ2n) is 6.45. The summed E-state index contributed by atoms with van der Waals surface area (Å²) in [4.78, 5) is 8.05. The van der Waals surface area contributed by atoms with Crippen molar-refractivity contribution >= 4 is 21.9 Å². The van der Waals surface area contributed by atoms with Crippen molar-refractivity contribution in [2.24, 2.45) is 0 Å². The van der Waals surface area contributed by atoms with Gasteiger partial charge in [-0.25, -0.2) is 9.37 Å². The van der Waals surface area contributed by atoms with Crippen LogP contribution in [-0.4, -0.2) is 14.5 Å². The fraction of sp³-hybridized carbons (Fsp3) is 0.0455. The molecule has 3 nitrogen and oxygen atoms in total. The Bertz CT molecular complexity index is 1180. The molecular weight excluding hydrogens is 325 g/mol. The standard InChI is InChI=1S/C22H16FN3/c23-18-8-5-15(6-9-18)14-26-12-11-16-13-17(7-10-21(16)26)22-24-19-3-1-2-4-20(19)25-22/h1-13H,14H2,(H,24,25). The number of fused-ring (bicyclic) bond motifs is 2. The molecule has 0 unspecified atom stereocenters. The zero-order valence-electron chi connectivity index (χ0n) is 14.0. The Labute approximate surface area is 149 Å². The number of hydrogen-bond donors (Lipinski definition) is 1. The van der Waals surface area contributed by atoms with Crippen LogP contribution in [0.4, 0.5) is 4.39 Å². The predicted molar refractivity (Wildman–Crippen MR) is 103 cm³/mol. The van der Waals surface area contributed by atoms with Crippen molar-refractivity contribution in [1.82, 2.24) is 14.5 Å². The van der Waals surface area contributed by atoms with Crippen LogP contribution in [0.5, 0.6) is 0 Å². The van der Waals surface area contributed by atoms with Gasteiger partial charge in [-0.1, -0.05) is 24.3 Å². The molecule has 0 saturated carbocycles. The molecule has 0 aliphatic heterocycles. The van der Waals surface area contributed by atoms with E-state index < -0.39 is 0 Å². The van der Waals surface area contributed by atoms with E-state index in [1.54, 1.807) is 0 Å². The lowest BCUT2D eigenvalue weighted by Crippen LogP contribution is -1.97. The van der Waals surface area contributed by atoms with Crippen LogP contribution in [0.25, 0.3) is 33.3 Å². The van der Waals surface area contributed by atoms with Crippen molar-refractivity contribution in [2.75, 3.05) is 0 Å². The maximum absolute atomic E-state index is 13.1. The summed E-state index contributed by atoms with van der Waals surface area (Å²) >= 11 is 0. The molecule has 0 radical (unpaired) electrons. The molecular formula is C22H16FN3. The SMILES string of the molecule is Fc1ccc(Cn2ccc3cc(-c4nc5ccccc5[nH]4)ccc32)cc1. The van der Waals surface area contributed by atoms with Crippen LogP contribution in [0.1, 0.15) is 5.56 Å². The zero-order chi connectivity index (χ0) is 17.5. The largest absolute Gasteiger partial charge is 0.343 e. The molecule has 26 heavy (non-hydrogen) atoms. The van der Waals surface area contributed by atoms with Gasteiger partial charge < -0.3 is 9.55 Å². The molecule has 5 rings (SSSR count). The maximum atomic E-state index is 13.1. The van der Waals surface area contributed by atoms with E-state index >= 15 is 0 Å². The van der Waals surface area contributed by atoms with Gasteiger partial charge in [-0.05, 0) is 54.1 Å². The quantitative estimate of drug-likeness (QED) is 0.470. The van der Waals surface area contributed by atoms with Gasteiger partial charge in [-0.15, -0.1) is 0 Å². The Morgan fingerprint density at radius 2 is 1.77 bits per heavy atom. The lowest BCUT2D eigenvalue weighted by molar-refractivity contribution is 0.626. The van der Waals surface area contributed by atoms with E-state index in [0.29, 0.717) is 6.54 Å². The van der Waals surface area contributed by atoms with Crippen molar-refractivity contribution < 1.29 is 4.39 Å². The highest BCUT2D eigenvalue weighted by Crippen LogP contribution is 2.25. The lowest BCUT2D eigenvalue weighted by atomic mass is 10.1. The van der Waals surface area contributed by atoms with Gasteiger partial charge in [0.2, 0.25) is 0 Å². The van der Waals surface area contributed by atoms with Gasteiger partial charge in [0.15, 0.2) is 0 Å². The Balaban J connectivity index is 1.51. The van der Waals surface area contributed by atoms with Gasteiger partial charge >= 0.3 is 0 Å². The average Bonchev–Trinajstić information content (AvgIpc) is 3.27. The highest BCUT2D eigenvalue weighted by molar-refractivity contribution is 5.86. The van der Waals surface area contributed by atoms with E-state index in [4.69, 9.17) is 0 Å². The van der Waals surface area contributed by atoms with Crippen molar-refractivity contribution in [3.8, 4) is 11.4 Å². The summed E-state index contributed by atoms with van der Waals surface area (Å²) in [6, 6.07) is 23.1. The molecule has 2 heterocycles. The van der Waals surface area contributed by atoms with Gasteiger partial charge in [0.1, 0.15) is 11.6 Å². The van der Waals surface area contributed by atoms with Gasteiger partial charge in [-0.2, -0.15) is 0 Å². The molecule has 0 spiro atoms. The fourth-order valence-electron chi connectivity index (χ4n) is 3.36. The minimum Gasteiger partial charge on any atom is -0.343 e. The number of halogens is 1. The molecule has 0 bridgehead atoms. The molecule has 0 atom stereocenters. The van der Waals surface area contributed by atoms with E-state index in [9.17, 15) is 4.39 Å². The minimum atomic E-state index is -0.207. The molecule has 2 aromatic heterocycles. The van der Waals surface area contributed by atoms with E-state index in [0.717, 1.165) is 38.9 Å². The van der Waals surface area contributed by atoms with Crippen LogP contribution in [0.3, 0.4) is 0 Å². The molecule has 0 aliphatic carbocycles. The van der Waals surface area contributed by atoms with Crippen LogP contribution < -0.4 is 0 Å². The number of nitrogens with one attached hydrogen (secondary N) is 1. The third-order valence-electron chi connectivity index (χ3n) is 4.70. The second-order valence-corrected chi connectivity index (χ2v) is 6.45. The minimum absolute atomic E-state index is 0.207. The third-order valence-corrected chi connectivity index (χ3v) is 4.70. The number of nitrogens with zero attached hydrogens (tertiary/aromatic N) is 2. The summed E-state index contributed by atoms with van der Waals surface area (Å²) in [5.41, 5.74) is 5.29. The summed E-state index contributed by atoms with van der Waals surface area (Å²) in [5, 5.41) is 1.16. The van der Waals surface area contributed by atoms with Crippen molar-refractivity contribution in [1.29, 1.82) is 0 Å². The molecule has 0 aliphatic rings. The van der Waals surface area contributed by atoms with E-state index in [2.05, 4.69) is 45.0 Å². The van der Waals surface area contributed by atoms with Crippen LogP contribution in [0.15, 0.2) is 79.0 Å². The van der Waals surface area contributed by atoms with Gasteiger partial charge in [0.25, 0.3) is 0 Å². The Morgan fingerprint density at radius 3 is 2.62 bits per heavy atom. The molecule has 0 fully saturated rings. The van der Waals surface area contributed by atoms with Gasteiger partial charge in [0.05, 0.1) is 11.0 Å². The number of H-pyrrole nitrogens is 1. The second kappa shape index (κ2) is 5.85. The number of benzene rings is 3. The highest BCUT2D eigenvalue weighted by atomic mass is 19.1. The Kier molecular flexibility index (Phi) is 3.35. The molecule has 5 aromatic rings. The number of aromatic amines is 1. The van der Waals surface area contributed by atoms with Crippen LogP contribution in [0, 0.1) is 5.82 Å². The molecule has 126 valence electrons. The smallest absolute Gasteiger partial charge is 0.138 e. The monoisotopic (exact) mass is 341 g/mol. The predicted octanol–water partition coefficient (Wildman–Crippen LogP) is 5.37. The number of para-hydroxylation sites is 2. The first-order chi connectivity index (χ1) is 12.8. The van der Waals surface area contributed by atoms with Crippen molar-refractivity contribution in [3.63, 3.8) is 0 Å². The van der Waals surface area contributed by atoms with Gasteiger partial charge in [-0.3, -0.25) is 0 Å². The maximum Gasteiger partial charge on any atom is 0.138 e. The summed E-state index contributed by atoms with van der Waals surface area (Å²) in [7, 11) is 0. The topological polar surface area (TPSA) is 33.6 Å². The first kappa shape index (κ1) is 14.9. The average molecular weight is 341 g/mol.